The van der Waals surface area contributed by atoms with E-state index in [4.69, 9.17) is 36.3 Å². The van der Waals surface area contributed by atoms with E-state index >= 15 is 0 Å². The molecule has 0 heterocycles. The number of urea groups is 1. The maximum atomic E-state index is 11.8. The van der Waals surface area contributed by atoms with Gasteiger partial charge in [-0.2, -0.15) is 5.01 Å². The minimum absolute atomic E-state index is 0.140. The lowest BCUT2D eigenvalue weighted by Crippen LogP contribution is -2.47. The number of nitroso groups, excluding NO2 is 1. The van der Waals surface area contributed by atoms with E-state index in [2.05, 4.69) is 10.6 Å². The topological polar surface area (TPSA) is 263 Å². The molecule has 0 bridgehead atoms. The lowest BCUT2D eigenvalue weighted by Gasteiger charge is -2.29. The van der Waals surface area contributed by atoms with Crippen LogP contribution in [0.3, 0.4) is 0 Å². The molecule has 0 aromatic heterocycles. The number of amides is 3. The van der Waals surface area contributed by atoms with Crippen molar-refractivity contribution in [2.45, 2.75) is 36.8 Å². The summed E-state index contributed by atoms with van der Waals surface area (Å²) in [4.78, 5) is 81.2. The van der Waals surface area contributed by atoms with Crippen LogP contribution >= 0.6 is 26.8 Å². The number of nitrogens with one attached hydrogen (secondary N) is 2. The van der Waals surface area contributed by atoms with E-state index in [1.807, 2.05) is 5.32 Å². The zero-order chi connectivity index (χ0) is 24.5. The smallest absolute Gasteiger partial charge is 0.369 e. The molecule has 16 nitrogen and oxygen atoms in total. The van der Waals surface area contributed by atoms with Crippen LogP contribution in [0.1, 0.15) is 25.7 Å². The average molecular weight is 513 g/mol. The normalized spacial score (nSPS) is 13.2. The fourth-order valence-electron chi connectivity index (χ4n) is 2.12. The van der Waals surface area contributed by atoms with E-state index in [-0.39, 0.29) is 19.0 Å². The van der Waals surface area contributed by atoms with Gasteiger partial charge in [-0.05, 0) is 12.8 Å². The Kier molecular flexibility index (Phi) is 11.8. The number of alkyl halides is 1. The highest BCUT2D eigenvalue weighted by molar-refractivity contribution is 7.72. The second-order valence-corrected chi connectivity index (χ2v) is 10.5. The van der Waals surface area contributed by atoms with Crippen LogP contribution in [0.4, 0.5) is 4.79 Å². The predicted octanol–water partition coefficient (Wildman–Crippen LogP) is -0.951. The van der Waals surface area contributed by atoms with Crippen LogP contribution in [0.25, 0.3) is 0 Å². The molecule has 0 rings (SSSR count). The minimum atomic E-state index is -5.61. The van der Waals surface area contributed by atoms with Crippen LogP contribution in [0.5, 0.6) is 0 Å². The van der Waals surface area contributed by atoms with Crippen LogP contribution in [0.15, 0.2) is 5.29 Å². The molecule has 0 aromatic rings. The average Bonchev–Trinajstić information content (AvgIpc) is 2.63. The van der Waals surface area contributed by atoms with E-state index in [9.17, 15) is 33.5 Å². The molecular weight excluding hydrogens is 490 g/mol. The summed E-state index contributed by atoms with van der Waals surface area (Å²) in [5.74, 6) is -2.41. The number of nitrogens with zero attached hydrogens (tertiary/aromatic N) is 2. The van der Waals surface area contributed by atoms with Crippen LogP contribution in [0, 0.1) is 4.91 Å². The number of carboxylic acids is 1. The third-order valence-corrected chi connectivity index (χ3v) is 7.87. The third kappa shape index (κ3) is 9.17. The molecule has 0 saturated heterocycles. The van der Waals surface area contributed by atoms with Gasteiger partial charge in [-0.3, -0.25) is 13.9 Å². The first-order chi connectivity index (χ1) is 14.1. The van der Waals surface area contributed by atoms with Crippen LogP contribution in [-0.4, -0.2) is 82.8 Å². The summed E-state index contributed by atoms with van der Waals surface area (Å²) in [6.45, 7) is -0.636. The Labute approximate surface area is 180 Å². The molecule has 0 radical (unpaired) electrons. The molecular formula is C12H23ClN4O12P2. The highest BCUT2D eigenvalue weighted by atomic mass is 35.5. The molecule has 0 aliphatic carbocycles. The standard InChI is InChI=1S/C12H23ClN4O12P2/c13-5-7-17(16-23)11(21)15-8(10(19)20)2-3-9(18)14-6-1-4-12(22,30(24,25)26)31(27,28)29/h8,22H,1-7H2,(H,14,18)(H,15,21)(H,19,20)(H2,24,25,26)(H2,27,28,29)/t8-/m0/s1. The van der Waals surface area contributed by atoms with Crippen LogP contribution in [-0.2, 0) is 18.7 Å². The molecule has 1 atom stereocenters. The van der Waals surface area contributed by atoms with Crippen molar-refractivity contribution in [3.8, 4) is 0 Å². The first-order valence-corrected chi connectivity index (χ1v) is 12.2. The molecule has 0 unspecified atom stereocenters. The summed E-state index contributed by atoms with van der Waals surface area (Å²) in [5, 5.41) is 22.1. The molecule has 0 spiro atoms. The Morgan fingerprint density at radius 3 is 2.10 bits per heavy atom. The Balaban J connectivity index is 4.67. The molecule has 0 aliphatic heterocycles. The third-order valence-electron chi connectivity index (χ3n) is 3.83. The Hall–Kier alpha value is -1.64. The molecule has 0 fully saturated rings. The van der Waals surface area contributed by atoms with Gasteiger partial charge >= 0.3 is 27.2 Å². The van der Waals surface area contributed by atoms with Crippen molar-refractivity contribution in [1.29, 1.82) is 0 Å². The maximum Gasteiger partial charge on any atom is 0.369 e. The van der Waals surface area contributed by atoms with Gasteiger partial charge < -0.3 is 40.4 Å². The summed E-state index contributed by atoms with van der Waals surface area (Å²) >= 11 is 5.37. The Morgan fingerprint density at radius 1 is 1.13 bits per heavy atom. The van der Waals surface area contributed by atoms with Crippen LogP contribution in [0.2, 0.25) is 0 Å². The Morgan fingerprint density at radius 2 is 1.68 bits per heavy atom. The number of aliphatic carboxylic acids is 1. The lowest BCUT2D eigenvalue weighted by molar-refractivity contribution is -0.139. The molecule has 31 heavy (non-hydrogen) atoms. The van der Waals surface area contributed by atoms with Crippen molar-refractivity contribution < 1.29 is 53.3 Å². The SMILES string of the molecule is O=NN(CCCl)C(=O)N[C@@H](CCC(=O)NCCCC(O)(P(=O)(O)O)P(=O)(O)O)C(=O)O. The van der Waals surface area contributed by atoms with Crippen LogP contribution < -0.4 is 10.6 Å². The number of aliphatic hydroxyl groups is 1. The lowest BCUT2D eigenvalue weighted by atomic mass is 10.1. The van der Waals surface area contributed by atoms with Gasteiger partial charge in [0.25, 0.3) is 5.08 Å². The van der Waals surface area contributed by atoms with Gasteiger partial charge in [-0.25, -0.2) is 9.59 Å². The van der Waals surface area contributed by atoms with E-state index in [0.29, 0.717) is 5.01 Å². The molecule has 0 saturated carbocycles. The fraction of sp³-hybridized carbons (Fsp3) is 0.750. The molecule has 8 N–H and O–H groups in total. The molecule has 19 heteroatoms. The van der Waals surface area contributed by atoms with Crippen molar-refractivity contribution >= 4 is 44.7 Å². The van der Waals surface area contributed by atoms with Gasteiger partial charge in [0.05, 0.1) is 11.8 Å². The number of carbonyl (C=O) groups excluding carboxylic acids is 2. The number of rotatable bonds is 14. The quantitative estimate of drug-likeness (QED) is 0.0460. The van der Waals surface area contributed by atoms with Gasteiger partial charge in [0.2, 0.25) is 5.91 Å². The highest BCUT2D eigenvalue weighted by Crippen LogP contribution is 2.69. The summed E-state index contributed by atoms with van der Waals surface area (Å²) in [7, 11) is -11.2. The minimum Gasteiger partial charge on any atom is -0.480 e. The highest BCUT2D eigenvalue weighted by Gasteiger charge is 2.58. The van der Waals surface area contributed by atoms with E-state index < -0.39 is 69.9 Å². The van der Waals surface area contributed by atoms with Gasteiger partial charge in [-0.1, -0.05) is 0 Å². The summed E-state index contributed by atoms with van der Waals surface area (Å²) in [6.07, 6.45) is -2.32. The van der Waals surface area contributed by atoms with Crippen molar-refractivity contribution in [2.24, 2.45) is 5.29 Å². The van der Waals surface area contributed by atoms with Gasteiger partial charge in [0, 0.05) is 25.3 Å². The molecule has 3 amide bonds. The number of carbonyl (C=O) groups is 3. The first-order valence-electron chi connectivity index (χ1n) is 8.41. The van der Waals surface area contributed by atoms with Crippen molar-refractivity contribution in [1.82, 2.24) is 15.6 Å². The molecule has 0 aromatic carbocycles. The zero-order valence-corrected chi connectivity index (χ0v) is 18.4. The van der Waals surface area contributed by atoms with Crippen molar-refractivity contribution in [3.05, 3.63) is 4.91 Å². The largest absolute Gasteiger partial charge is 0.480 e. The first kappa shape index (κ1) is 29.4. The second kappa shape index (κ2) is 12.4. The number of halogens is 1. The summed E-state index contributed by atoms with van der Waals surface area (Å²) in [5.41, 5.74) is 0. The zero-order valence-electron chi connectivity index (χ0n) is 15.8. The van der Waals surface area contributed by atoms with Crippen molar-refractivity contribution in [3.63, 3.8) is 0 Å². The summed E-state index contributed by atoms with van der Waals surface area (Å²) < 4.78 is 22.4. The molecule has 0 aliphatic rings. The number of carboxylic acid groups (broad SMARTS) is 1. The van der Waals surface area contributed by atoms with E-state index in [1.165, 1.54) is 0 Å². The van der Waals surface area contributed by atoms with E-state index in [0.717, 1.165) is 0 Å². The fourth-order valence-corrected chi connectivity index (χ4v) is 4.54. The van der Waals surface area contributed by atoms with Gasteiger partial charge in [-0.15, -0.1) is 16.5 Å². The number of hydrogen-bond acceptors (Lipinski definition) is 8. The monoisotopic (exact) mass is 512 g/mol. The predicted molar refractivity (Wildman–Crippen MR) is 104 cm³/mol. The maximum absolute atomic E-state index is 11.8. The van der Waals surface area contributed by atoms with Gasteiger partial charge in [0.15, 0.2) is 0 Å². The second-order valence-electron chi connectivity index (χ2n) is 6.09. The van der Waals surface area contributed by atoms with Crippen molar-refractivity contribution in [2.75, 3.05) is 19.0 Å². The van der Waals surface area contributed by atoms with Gasteiger partial charge in [0.1, 0.15) is 6.04 Å². The summed E-state index contributed by atoms with van der Waals surface area (Å²) in [6, 6.07) is -2.70. The van der Waals surface area contributed by atoms with E-state index in [1.54, 1.807) is 0 Å². The number of hydrogen-bond donors (Lipinski definition) is 8. The Bertz CT molecular complexity index is 734. The molecule has 180 valence electrons.